The fourth-order valence-electron chi connectivity index (χ4n) is 3.19. The van der Waals surface area contributed by atoms with Crippen LogP contribution in [-0.2, 0) is 6.54 Å². The van der Waals surface area contributed by atoms with Gasteiger partial charge in [0, 0.05) is 29.6 Å². The average molecular weight is 381 g/mol. The highest BCUT2D eigenvalue weighted by molar-refractivity contribution is 6.30. The van der Waals surface area contributed by atoms with Crippen molar-refractivity contribution in [3.63, 3.8) is 0 Å². The normalized spacial score (nSPS) is 14.4. The highest BCUT2D eigenvalue weighted by Crippen LogP contribution is 2.24. The lowest BCUT2D eigenvalue weighted by Gasteiger charge is -2.14. The van der Waals surface area contributed by atoms with Crippen molar-refractivity contribution in [2.45, 2.75) is 19.4 Å². The third-order valence-corrected chi connectivity index (χ3v) is 4.88. The third-order valence-electron chi connectivity index (χ3n) is 4.62. The zero-order chi connectivity index (χ0) is 18.6. The first kappa shape index (κ1) is 17.7. The molecule has 0 radical (unpaired) electrons. The van der Waals surface area contributed by atoms with E-state index in [9.17, 15) is 0 Å². The standard InChI is InChI=1S/C20H21ClN6/c21-15-4-6-16(7-5-15)25-20-24-12-17(19(22)26-20)18-8-3-14(11-23-18)13-27-9-1-2-10-27/h3-8,11-12H,1-2,9-10,13H2,(H3,22,24,25,26). The van der Waals surface area contributed by atoms with E-state index in [1.807, 2.05) is 24.4 Å². The Bertz CT molecular complexity index is 905. The van der Waals surface area contributed by atoms with Gasteiger partial charge in [0.15, 0.2) is 0 Å². The summed E-state index contributed by atoms with van der Waals surface area (Å²) >= 11 is 5.90. The molecule has 0 bridgehead atoms. The van der Waals surface area contributed by atoms with Crippen molar-refractivity contribution in [2.24, 2.45) is 0 Å². The number of benzene rings is 1. The maximum Gasteiger partial charge on any atom is 0.229 e. The minimum Gasteiger partial charge on any atom is -0.383 e. The van der Waals surface area contributed by atoms with Crippen LogP contribution in [0.4, 0.5) is 17.5 Å². The average Bonchev–Trinajstić information content (AvgIpc) is 3.18. The molecule has 1 aromatic carbocycles. The highest BCUT2D eigenvalue weighted by Gasteiger charge is 2.13. The SMILES string of the molecule is Nc1nc(Nc2ccc(Cl)cc2)ncc1-c1ccc(CN2CCCC2)cn1. The van der Waals surface area contributed by atoms with Crippen LogP contribution < -0.4 is 11.1 Å². The van der Waals surface area contributed by atoms with Crippen molar-refractivity contribution in [1.82, 2.24) is 19.9 Å². The number of hydrogen-bond donors (Lipinski definition) is 2. The number of halogens is 1. The van der Waals surface area contributed by atoms with Gasteiger partial charge in [-0.25, -0.2) is 4.98 Å². The molecule has 0 aliphatic carbocycles. The number of anilines is 3. The van der Waals surface area contributed by atoms with Gasteiger partial charge >= 0.3 is 0 Å². The predicted octanol–water partition coefficient (Wildman–Crippen LogP) is 4.11. The molecular weight excluding hydrogens is 360 g/mol. The molecule has 1 saturated heterocycles. The molecule has 3 heterocycles. The number of nitrogens with one attached hydrogen (secondary N) is 1. The van der Waals surface area contributed by atoms with Crippen LogP contribution in [-0.4, -0.2) is 32.9 Å². The maximum atomic E-state index is 6.14. The van der Waals surface area contributed by atoms with Crippen LogP contribution in [0.3, 0.4) is 0 Å². The summed E-state index contributed by atoms with van der Waals surface area (Å²) in [5.74, 6) is 0.825. The molecular formula is C20H21ClN6. The molecule has 1 aliphatic rings. The van der Waals surface area contributed by atoms with Crippen molar-refractivity contribution in [3.05, 3.63) is 59.4 Å². The highest BCUT2D eigenvalue weighted by atomic mass is 35.5. The second-order valence-electron chi connectivity index (χ2n) is 6.66. The smallest absolute Gasteiger partial charge is 0.229 e. The molecule has 0 atom stereocenters. The lowest BCUT2D eigenvalue weighted by molar-refractivity contribution is 0.331. The largest absolute Gasteiger partial charge is 0.383 e. The molecule has 138 valence electrons. The van der Waals surface area contributed by atoms with Crippen molar-refractivity contribution >= 4 is 29.1 Å². The van der Waals surface area contributed by atoms with Crippen LogP contribution in [0, 0.1) is 0 Å². The van der Waals surface area contributed by atoms with E-state index in [0.717, 1.165) is 23.5 Å². The molecule has 7 heteroatoms. The minimum absolute atomic E-state index is 0.390. The van der Waals surface area contributed by atoms with Gasteiger partial charge in [0.05, 0.1) is 11.3 Å². The Kier molecular flexibility index (Phi) is 5.18. The number of nitrogens with zero attached hydrogens (tertiary/aromatic N) is 4. The first-order valence-corrected chi connectivity index (χ1v) is 9.38. The predicted molar refractivity (Wildman–Crippen MR) is 109 cm³/mol. The fraction of sp³-hybridized carbons (Fsp3) is 0.250. The van der Waals surface area contributed by atoms with E-state index in [1.54, 1.807) is 18.3 Å². The van der Waals surface area contributed by atoms with Crippen molar-refractivity contribution in [2.75, 3.05) is 24.1 Å². The molecule has 0 spiro atoms. The van der Waals surface area contributed by atoms with Gasteiger partial charge in [0.2, 0.25) is 5.95 Å². The monoisotopic (exact) mass is 380 g/mol. The number of nitrogen functional groups attached to an aromatic ring is 1. The second-order valence-corrected chi connectivity index (χ2v) is 7.10. The van der Waals surface area contributed by atoms with E-state index in [4.69, 9.17) is 17.3 Å². The third kappa shape index (κ3) is 4.35. The van der Waals surface area contributed by atoms with Crippen LogP contribution in [0.1, 0.15) is 18.4 Å². The summed E-state index contributed by atoms with van der Waals surface area (Å²) in [6.45, 7) is 3.29. The fourth-order valence-corrected chi connectivity index (χ4v) is 3.32. The Hall–Kier alpha value is -2.70. The molecule has 0 amide bonds. The van der Waals surface area contributed by atoms with Crippen molar-refractivity contribution in [3.8, 4) is 11.3 Å². The number of pyridine rings is 1. The van der Waals surface area contributed by atoms with E-state index in [2.05, 4.69) is 31.2 Å². The summed E-state index contributed by atoms with van der Waals surface area (Å²) in [6.07, 6.45) is 6.18. The van der Waals surface area contributed by atoms with E-state index < -0.39 is 0 Å². The summed E-state index contributed by atoms with van der Waals surface area (Å²) in [5, 5.41) is 3.79. The molecule has 0 saturated carbocycles. The molecule has 0 unspecified atom stereocenters. The molecule has 3 aromatic rings. The Labute approximate surface area is 163 Å². The van der Waals surface area contributed by atoms with E-state index in [1.165, 1.54) is 31.5 Å². The van der Waals surface area contributed by atoms with E-state index in [0.29, 0.717) is 16.8 Å². The Morgan fingerprint density at radius 1 is 1.00 bits per heavy atom. The number of aromatic nitrogens is 3. The van der Waals surface area contributed by atoms with Gasteiger partial charge in [-0.3, -0.25) is 9.88 Å². The summed E-state index contributed by atoms with van der Waals surface area (Å²) in [4.78, 5) is 15.7. The Balaban J connectivity index is 1.47. The minimum atomic E-state index is 0.390. The molecule has 1 aliphatic heterocycles. The van der Waals surface area contributed by atoms with Crippen molar-refractivity contribution in [1.29, 1.82) is 0 Å². The summed E-state index contributed by atoms with van der Waals surface area (Å²) in [7, 11) is 0. The quantitative estimate of drug-likeness (QED) is 0.693. The zero-order valence-electron chi connectivity index (χ0n) is 14.9. The van der Waals surface area contributed by atoms with Crippen LogP contribution in [0.5, 0.6) is 0 Å². The van der Waals surface area contributed by atoms with Gasteiger partial charge < -0.3 is 11.1 Å². The lowest BCUT2D eigenvalue weighted by atomic mass is 10.1. The number of hydrogen-bond acceptors (Lipinski definition) is 6. The topological polar surface area (TPSA) is 80.0 Å². The Morgan fingerprint density at radius 2 is 1.78 bits per heavy atom. The summed E-state index contributed by atoms with van der Waals surface area (Å²) in [5.41, 5.74) is 9.69. The molecule has 6 nitrogen and oxygen atoms in total. The lowest BCUT2D eigenvalue weighted by Crippen LogP contribution is -2.18. The van der Waals surface area contributed by atoms with Gasteiger partial charge in [0.25, 0.3) is 0 Å². The van der Waals surface area contributed by atoms with Crippen LogP contribution in [0.2, 0.25) is 5.02 Å². The summed E-state index contributed by atoms with van der Waals surface area (Å²) in [6, 6.07) is 11.4. The number of likely N-dealkylation sites (tertiary alicyclic amines) is 1. The van der Waals surface area contributed by atoms with Gasteiger partial charge in [-0.1, -0.05) is 17.7 Å². The van der Waals surface area contributed by atoms with Crippen LogP contribution >= 0.6 is 11.6 Å². The number of rotatable bonds is 5. The second kappa shape index (κ2) is 7.90. The van der Waals surface area contributed by atoms with Gasteiger partial charge in [-0.05, 0) is 61.8 Å². The van der Waals surface area contributed by atoms with E-state index in [-0.39, 0.29) is 0 Å². The first-order chi connectivity index (χ1) is 13.2. The van der Waals surface area contributed by atoms with Gasteiger partial charge in [-0.2, -0.15) is 4.98 Å². The molecule has 3 N–H and O–H groups in total. The Morgan fingerprint density at radius 3 is 2.44 bits per heavy atom. The molecule has 4 rings (SSSR count). The zero-order valence-corrected chi connectivity index (χ0v) is 15.7. The van der Waals surface area contributed by atoms with Crippen LogP contribution in [0.25, 0.3) is 11.3 Å². The van der Waals surface area contributed by atoms with Crippen molar-refractivity contribution < 1.29 is 0 Å². The van der Waals surface area contributed by atoms with Crippen LogP contribution in [0.15, 0.2) is 48.8 Å². The van der Waals surface area contributed by atoms with Gasteiger partial charge in [0.1, 0.15) is 5.82 Å². The number of nitrogens with two attached hydrogens (primary N) is 1. The maximum absolute atomic E-state index is 6.14. The molecule has 2 aromatic heterocycles. The molecule has 27 heavy (non-hydrogen) atoms. The van der Waals surface area contributed by atoms with E-state index >= 15 is 0 Å². The summed E-state index contributed by atoms with van der Waals surface area (Å²) < 4.78 is 0. The molecule has 1 fully saturated rings. The van der Waals surface area contributed by atoms with Gasteiger partial charge in [-0.15, -0.1) is 0 Å². The first-order valence-electron chi connectivity index (χ1n) is 9.00.